The maximum atomic E-state index is 11.6. The van der Waals surface area contributed by atoms with Crippen LogP contribution in [0.1, 0.15) is 21.3 Å². The van der Waals surface area contributed by atoms with Crippen molar-refractivity contribution in [3.63, 3.8) is 0 Å². The Balaban J connectivity index is 2.33. The number of hydrogen-bond acceptors (Lipinski definition) is 4. The van der Waals surface area contributed by atoms with Crippen LogP contribution in [-0.2, 0) is 0 Å². The highest BCUT2D eigenvalue weighted by molar-refractivity contribution is 7.12. The van der Waals surface area contributed by atoms with Crippen LogP contribution in [-0.4, -0.2) is 10.8 Å². The van der Waals surface area contributed by atoms with E-state index in [4.69, 9.17) is 4.42 Å². The van der Waals surface area contributed by atoms with Gasteiger partial charge in [0.1, 0.15) is 6.26 Å². The second kappa shape index (κ2) is 3.14. The van der Waals surface area contributed by atoms with Crippen molar-refractivity contribution < 1.29 is 9.21 Å². The lowest BCUT2D eigenvalue weighted by Crippen LogP contribution is -1.98. The molecule has 13 heavy (non-hydrogen) atoms. The van der Waals surface area contributed by atoms with E-state index in [2.05, 4.69) is 4.98 Å². The van der Waals surface area contributed by atoms with E-state index in [-0.39, 0.29) is 5.78 Å². The predicted octanol–water partition coefficient (Wildman–Crippen LogP) is 2.28. The molecule has 0 unspecified atom stereocenters. The van der Waals surface area contributed by atoms with Gasteiger partial charge in [-0.1, -0.05) is 6.07 Å². The zero-order valence-electron chi connectivity index (χ0n) is 6.98. The molecule has 0 aliphatic carbocycles. The van der Waals surface area contributed by atoms with E-state index in [1.54, 1.807) is 13.0 Å². The molecule has 0 bridgehead atoms. The van der Waals surface area contributed by atoms with Crippen LogP contribution in [0.3, 0.4) is 0 Å². The topological polar surface area (TPSA) is 43.1 Å². The van der Waals surface area contributed by atoms with E-state index in [9.17, 15) is 4.79 Å². The average molecular weight is 193 g/mol. The first-order chi connectivity index (χ1) is 6.27. The molecule has 0 atom stereocenters. The smallest absolute Gasteiger partial charge is 0.224 e. The summed E-state index contributed by atoms with van der Waals surface area (Å²) in [6.07, 6.45) is 1.39. The molecule has 0 aliphatic rings. The first kappa shape index (κ1) is 8.19. The minimum absolute atomic E-state index is 0.0770. The van der Waals surface area contributed by atoms with Crippen molar-refractivity contribution in [1.82, 2.24) is 4.98 Å². The Kier molecular flexibility index (Phi) is 1.98. The van der Waals surface area contributed by atoms with Gasteiger partial charge in [0.15, 0.2) is 11.6 Å². The van der Waals surface area contributed by atoms with Gasteiger partial charge in [0.25, 0.3) is 0 Å². The maximum Gasteiger partial charge on any atom is 0.224 e. The predicted molar refractivity (Wildman–Crippen MR) is 49.0 cm³/mol. The molecule has 0 aliphatic heterocycles. The van der Waals surface area contributed by atoms with Crippen molar-refractivity contribution in [2.45, 2.75) is 6.92 Å². The Morgan fingerprint density at radius 3 is 3.00 bits per heavy atom. The highest BCUT2D eigenvalue weighted by Crippen LogP contribution is 2.14. The number of oxazole rings is 1. The van der Waals surface area contributed by atoms with Crippen molar-refractivity contribution in [2.24, 2.45) is 0 Å². The van der Waals surface area contributed by atoms with Crippen LogP contribution in [0.25, 0.3) is 0 Å². The third-order valence-electron chi connectivity index (χ3n) is 1.60. The van der Waals surface area contributed by atoms with Gasteiger partial charge in [-0.05, 0) is 11.4 Å². The third kappa shape index (κ3) is 1.53. The quantitative estimate of drug-likeness (QED) is 0.687. The summed E-state index contributed by atoms with van der Waals surface area (Å²) < 4.78 is 4.96. The van der Waals surface area contributed by atoms with Crippen molar-refractivity contribution in [3.05, 3.63) is 40.2 Å². The largest absolute Gasteiger partial charge is 0.449 e. The lowest BCUT2D eigenvalue weighted by atomic mass is 10.2. The number of aromatic nitrogens is 1. The standard InChI is InChI=1S/C9H7NO2S/c1-6-10-7(5-12-6)9(11)8-3-2-4-13-8/h2-5H,1H3. The Bertz CT molecular complexity index is 417. The van der Waals surface area contributed by atoms with E-state index in [1.165, 1.54) is 17.6 Å². The molecule has 2 aromatic heterocycles. The SMILES string of the molecule is Cc1nc(C(=O)c2cccs2)co1. The van der Waals surface area contributed by atoms with E-state index < -0.39 is 0 Å². The molecule has 0 spiro atoms. The molecule has 0 N–H and O–H groups in total. The van der Waals surface area contributed by atoms with E-state index in [0.717, 1.165) is 0 Å². The zero-order valence-corrected chi connectivity index (χ0v) is 7.80. The molecule has 0 fully saturated rings. The fraction of sp³-hybridized carbons (Fsp3) is 0.111. The molecule has 2 aromatic rings. The van der Waals surface area contributed by atoms with Crippen LogP contribution < -0.4 is 0 Å². The Morgan fingerprint density at radius 1 is 1.62 bits per heavy atom. The molecule has 2 rings (SSSR count). The van der Waals surface area contributed by atoms with Crippen LogP contribution in [0.15, 0.2) is 28.2 Å². The molecule has 0 radical (unpaired) electrons. The normalized spacial score (nSPS) is 10.2. The maximum absolute atomic E-state index is 11.6. The van der Waals surface area contributed by atoms with E-state index in [1.807, 2.05) is 11.4 Å². The zero-order chi connectivity index (χ0) is 9.26. The van der Waals surface area contributed by atoms with Gasteiger partial charge in [-0.3, -0.25) is 4.79 Å². The minimum Gasteiger partial charge on any atom is -0.449 e. The van der Waals surface area contributed by atoms with Gasteiger partial charge in [0, 0.05) is 6.92 Å². The molecule has 3 nitrogen and oxygen atoms in total. The number of carbonyl (C=O) groups excluding carboxylic acids is 1. The van der Waals surface area contributed by atoms with Gasteiger partial charge in [-0.2, -0.15) is 0 Å². The van der Waals surface area contributed by atoms with E-state index >= 15 is 0 Å². The number of nitrogens with zero attached hydrogens (tertiary/aromatic N) is 1. The first-order valence-corrected chi connectivity index (χ1v) is 4.65. The summed E-state index contributed by atoms with van der Waals surface area (Å²) >= 11 is 1.40. The second-order valence-electron chi connectivity index (χ2n) is 2.56. The number of ketones is 1. The van der Waals surface area contributed by atoms with Gasteiger partial charge in [0.05, 0.1) is 4.88 Å². The summed E-state index contributed by atoms with van der Waals surface area (Å²) in [5.41, 5.74) is 0.375. The lowest BCUT2D eigenvalue weighted by Gasteiger charge is -1.88. The number of rotatable bonds is 2. The number of carbonyl (C=O) groups is 1. The van der Waals surface area contributed by atoms with Crippen molar-refractivity contribution in [1.29, 1.82) is 0 Å². The van der Waals surface area contributed by atoms with Gasteiger partial charge < -0.3 is 4.42 Å². The van der Waals surface area contributed by atoms with Gasteiger partial charge in [-0.25, -0.2) is 4.98 Å². The summed E-state index contributed by atoms with van der Waals surface area (Å²) in [5, 5.41) is 1.86. The molecule has 66 valence electrons. The van der Waals surface area contributed by atoms with Crippen molar-refractivity contribution >= 4 is 17.1 Å². The summed E-state index contributed by atoms with van der Waals surface area (Å²) in [6.45, 7) is 1.71. The molecule has 0 saturated heterocycles. The van der Waals surface area contributed by atoms with Crippen molar-refractivity contribution in [3.8, 4) is 0 Å². The first-order valence-electron chi connectivity index (χ1n) is 3.78. The monoisotopic (exact) mass is 193 g/mol. The van der Waals surface area contributed by atoms with Crippen LogP contribution in [0.4, 0.5) is 0 Å². The van der Waals surface area contributed by atoms with Gasteiger partial charge in [0.2, 0.25) is 5.78 Å². The number of aryl methyl sites for hydroxylation is 1. The molecule has 0 aromatic carbocycles. The van der Waals surface area contributed by atoms with E-state index in [0.29, 0.717) is 16.5 Å². The summed E-state index contributed by atoms with van der Waals surface area (Å²) in [4.78, 5) is 16.3. The summed E-state index contributed by atoms with van der Waals surface area (Å²) in [6, 6.07) is 3.61. The lowest BCUT2D eigenvalue weighted by molar-refractivity contribution is 0.103. The Morgan fingerprint density at radius 2 is 2.46 bits per heavy atom. The van der Waals surface area contributed by atoms with Crippen molar-refractivity contribution in [2.75, 3.05) is 0 Å². The molecule has 2 heterocycles. The second-order valence-corrected chi connectivity index (χ2v) is 3.51. The highest BCUT2D eigenvalue weighted by Gasteiger charge is 2.13. The fourth-order valence-electron chi connectivity index (χ4n) is 1.00. The molecule has 0 amide bonds. The van der Waals surface area contributed by atoms with Crippen LogP contribution in [0, 0.1) is 6.92 Å². The number of hydrogen-bond donors (Lipinski definition) is 0. The van der Waals surface area contributed by atoms with Crippen LogP contribution in [0.5, 0.6) is 0 Å². The number of thiophene rings is 1. The van der Waals surface area contributed by atoms with Crippen LogP contribution >= 0.6 is 11.3 Å². The Hall–Kier alpha value is -1.42. The summed E-state index contributed by atoms with van der Waals surface area (Å²) in [5.74, 6) is 0.437. The Labute approximate surface area is 79.0 Å². The van der Waals surface area contributed by atoms with Gasteiger partial charge >= 0.3 is 0 Å². The van der Waals surface area contributed by atoms with Crippen LogP contribution in [0.2, 0.25) is 0 Å². The average Bonchev–Trinajstić information content (AvgIpc) is 2.72. The molecule has 0 saturated carbocycles. The highest BCUT2D eigenvalue weighted by atomic mass is 32.1. The van der Waals surface area contributed by atoms with Gasteiger partial charge in [-0.15, -0.1) is 11.3 Å². The minimum atomic E-state index is -0.0770. The fourth-order valence-corrected chi connectivity index (χ4v) is 1.67. The molecule has 4 heteroatoms. The molecular weight excluding hydrogens is 186 g/mol. The summed E-state index contributed by atoms with van der Waals surface area (Å²) in [7, 11) is 0. The molecular formula is C9H7NO2S. The third-order valence-corrected chi connectivity index (χ3v) is 2.47.